The van der Waals surface area contributed by atoms with Crippen molar-refractivity contribution in [2.24, 2.45) is 0 Å². The molecule has 0 aliphatic carbocycles. The Balaban J connectivity index is 2.73. The summed E-state index contributed by atoms with van der Waals surface area (Å²) in [7, 11) is 0. The second-order valence-corrected chi connectivity index (χ2v) is 6.79. The van der Waals surface area contributed by atoms with Crippen molar-refractivity contribution < 1.29 is 24.5 Å². The number of aliphatic hydroxyl groups excluding tert-OH is 1. The lowest BCUT2D eigenvalue weighted by molar-refractivity contribution is -0.145. The molecule has 1 aliphatic heterocycles. The van der Waals surface area contributed by atoms with Crippen LogP contribution in [-0.2, 0) is 9.53 Å². The Kier molecular flexibility index (Phi) is 6.19. The van der Waals surface area contributed by atoms with E-state index in [1.807, 2.05) is 11.8 Å². The third-order valence-electron chi connectivity index (χ3n) is 3.74. The number of hydrogen-bond acceptors (Lipinski definition) is 5. The Morgan fingerprint density at radius 3 is 2.32 bits per heavy atom. The molecule has 0 aromatic heterocycles. The van der Waals surface area contributed by atoms with E-state index in [1.165, 1.54) is 4.90 Å². The highest BCUT2D eigenvalue weighted by molar-refractivity contribution is 5.73. The summed E-state index contributed by atoms with van der Waals surface area (Å²) in [5.41, 5.74) is -1.13. The topological polar surface area (TPSA) is 90.3 Å². The van der Waals surface area contributed by atoms with Crippen molar-refractivity contribution in [2.75, 3.05) is 32.8 Å². The third kappa shape index (κ3) is 4.84. The van der Waals surface area contributed by atoms with Crippen LogP contribution in [0, 0.1) is 0 Å². The first-order valence-electron chi connectivity index (χ1n) is 7.69. The van der Waals surface area contributed by atoms with Crippen molar-refractivity contribution in [1.29, 1.82) is 0 Å². The molecule has 1 rings (SSSR count). The lowest BCUT2D eigenvalue weighted by Gasteiger charge is -2.55. The number of hydrogen-bond donors (Lipinski definition) is 2. The Hall–Kier alpha value is -1.34. The molecule has 1 fully saturated rings. The van der Waals surface area contributed by atoms with Crippen LogP contribution in [0.5, 0.6) is 0 Å². The molecule has 22 heavy (non-hydrogen) atoms. The van der Waals surface area contributed by atoms with Crippen molar-refractivity contribution in [2.45, 2.75) is 51.7 Å². The summed E-state index contributed by atoms with van der Waals surface area (Å²) in [5, 5.41) is 18.2. The van der Waals surface area contributed by atoms with E-state index in [1.54, 1.807) is 20.8 Å². The zero-order valence-electron chi connectivity index (χ0n) is 14.0. The molecular weight excluding hydrogens is 288 g/mol. The van der Waals surface area contributed by atoms with Gasteiger partial charge in [-0.25, -0.2) is 4.79 Å². The van der Waals surface area contributed by atoms with E-state index < -0.39 is 23.2 Å². The molecule has 0 radical (unpaired) electrons. The number of aliphatic carboxylic acids is 1. The average Bonchev–Trinajstić information content (AvgIpc) is 2.32. The molecule has 2 N–H and O–H groups in total. The highest BCUT2D eigenvalue weighted by Gasteiger charge is 2.51. The van der Waals surface area contributed by atoms with E-state index >= 15 is 0 Å². The van der Waals surface area contributed by atoms with Crippen molar-refractivity contribution in [1.82, 2.24) is 9.80 Å². The van der Waals surface area contributed by atoms with Gasteiger partial charge in [-0.3, -0.25) is 9.69 Å². The van der Waals surface area contributed by atoms with Crippen molar-refractivity contribution in [3.8, 4) is 0 Å². The van der Waals surface area contributed by atoms with Crippen molar-refractivity contribution >= 4 is 12.1 Å². The fourth-order valence-electron chi connectivity index (χ4n) is 2.82. The maximum absolute atomic E-state index is 12.0. The van der Waals surface area contributed by atoms with Crippen LogP contribution in [-0.4, -0.2) is 76.0 Å². The second kappa shape index (κ2) is 7.28. The van der Waals surface area contributed by atoms with Gasteiger partial charge in [0.1, 0.15) is 5.60 Å². The molecule has 0 unspecified atom stereocenters. The molecule has 1 heterocycles. The quantitative estimate of drug-likeness (QED) is 0.732. The molecule has 7 heteroatoms. The number of carboxylic acid groups (broad SMARTS) is 1. The van der Waals surface area contributed by atoms with Crippen LogP contribution in [0.25, 0.3) is 0 Å². The monoisotopic (exact) mass is 316 g/mol. The Morgan fingerprint density at radius 2 is 1.91 bits per heavy atom. The van der Waals surface area contributed by atoms with Crippen LogP contribution in [0.1, 0.15) is 40.5 Å². The third-order valence-corrected chi connectivity index (χ3v) is 3.74. The van der Waals surface area contributed by atoms with E-state index in [0.29, 0.717) is 32.6 Å². The molecule has 7 nitrogen and oxygen atoms in total. The van der Waals surface area contributed by atoms with Crippen molar-refractivity contribution in [3.05, 3.63) is 0 Å². The van der Waals surface area contributed by atoms with E-state index in [9.17, 15) is 14.7 Å². The number of carboxylic acids is 1. The Bertz CT molecular complexity index is 399. The second-order valence-electron chi connectivity index (χ2n) is 6.79. The zero-order chi connectivity index (χ0) is 17.0. The summed E-state index contributed by atoms with van der Waals surface area (Å²) in [5.74, 6) is -0.883. The standard InChI is InChI=1S/C15H28N2O5/c1-5-17(7-6-8-18)15(9-12(19)20)10-16(11-15)13(21)22-14(2,3)4/h18H,5-11H2,1-4H3,(H,19,20). The minimum Gasteiger partial charge on any atom is -0.481 e. The number of amides is 1. The first-order chi connectivity index (χ1) is 10.1. The summed E-state index contributed by atoms with van der Waals surface area (Å²) in [6, 6.07) is 0. The number of carbonyl (C=O) groups excluding carboxylic acids is 1. The molecule has 0 spiro atoms. The Labute approximate surface area is 131 Å². The fraction of sp³-hybridized carbons (Fsp3) is 0.867. The zero-order valence-corrected chi connectivity index (χ0v) is 14.0. The van der Waals surface area contributed by atoms with Gasteiger partial charge in [0.15, 0.2) is 0 Å². The smallest absolute Gasteiger partial charge is 0.410 e. The largest absolute Gasteiger partial charge is 0.481 e. The summed E-state index contributed by atoms with van der Waals surface area (Å²) in [4.78, 5) is 26.8. The molecular formula is C15H28N2O5. The van der Waals surface area contributed by atoms with Gasteiger partial charge >= 0.3 is 12.1 Å². The van der Waals surface area contributed by atoms with Crippen LogP contribution in [0.3, 0.4) is 0 Å². The number of likely N-dealkylation sites (tertiary alicyclic amines) is 1. The minimum absolute atomic E-state index is 0.0223. The van der Waals surface area contributed by atoms with Crippen LogP contribution >= 0.6 is 0 Å². The van der Waals surface area contributed by atoms with Gasteiger partial charge in [0, 0.05) is 26.2 Å². The normalized spacial score (nSPS) is 17.3. The number of ether oxygens (including phenoxy) is 1. The summed E-state index contributed by atoms with van der Waals surface area (Å²) >= 11 is 0. The SMILES string of the molecule is CCN(CCCO)C1(CC(=O)O)CN(C(=O)OC(C)(C)C)C1. The first kappa shape index (κ1) is 18.7. The van der Waals surface area contributed by atoms with Crippen LogP contribution < -0.4 is 0 Å². The highest BCUT2D eigenvalue weighted by Crippen LogP contribution is 2.32. The number of likely N-dealkylation sites (N-methyl/N-ethyl adjacent to an activating group) is 1. The van der Waals surface area contributed by atoms with E-state index in [4.69, 9.17) is 9.84 Å². The number of rotatable bonds is 7. The predicted octanol–water partition coefficient (Wildman–Crippen LogP) is 1.15. The maximum Gasteiger partial charge on any atom is 0.410 e. The lowest BCUT2D eigenvalue weighted by Crippen LogP contribution is -2.72. The average molecular weight is 316 g/mol. The van der Waals surface area contributed by atoms with Gasteiger partial charge in [0.05, 0.1) is 12.0 Å². The minimum atomic E-state index is -0.883. The molecule has 0 atom stereocenters. The number of carbonyl (C=O) groups is 2. The van der Waals surface area contributed by atoms with Crippen LogP contribution in [0.2, 0.25) is 0 Å². The molecule has 0 aromatic carbocycles. The molecule has 1 aliphatic rings. The molecule has 0 saturated carbocycles. The number of nitrogens with zero attached hydrogens (tertiary/aromatic N) is 2. The molecule has 128 valence electrons. The van der Waals surface area contributed by atoms with Gasteiger partial charge in [-0.15, -0.1) is 0 Å². The van der Waals surface area contributed by atoms with Gasteiger partial charge in [0.25, 0.3) is 0 Å². The summed E-state index contributed by atoms with van der Waals surface area (Å²) in [6.07, 6.45) is 0.152. The van der Waals surface area contributed by atoms with Gasteiger partial charge in [-0.2, -0.15) is 0 Å². The summed E-state index contributed by atoms with van der Waals surface area (Å²) in [6.45, 7) is 9.39. The molecule has 0 bridgehead atoms. The van der Waals surface area contributed by atoms with Gasteiger partial charge < -0.3 is 19.8 Å². The molecule has 1 amide bonds. The van der Waals surface area contributed by atoms with Crippen LogP contribution in [0.15, 0.2) is 0 Å². The van der Waals surface area contributed by atoms with Gasteiger partial charge in [-0.1, -0.05) is 6.92 Å². The van der Waals surface area contributed by atoms with E-state index in [-0.39, 0.29) is 13.0 Å². The fourth-order valence-corrected chi connectivity index (χ4v) is 2.82. The molecule has 0 aromatic rings. The van der Waals surface area contributed by atoms with Gasteiger partial charge in [0.2, 0.25) is 0 Å². The van der Waals surface area contributed by atoms with E-state index in [2.05, 4.69) is 0 Å². The first-order valence-corrected chi connectivity index (χ1v) is 7.69. The summed E-state index contributed by atoms with van der Waals surface area (Å²) < 4.78 is 5.32. The Morgan fingerprint density at radius 1 is 1.32 bits per heavy atom. The van der Waals surface area contributed by atoms with E-state index in [0.717, 1.165) is 0 Å². The van der Waals surface area contributed by atoms with Gasteiger partial charge in [-0.05, 0) is 33.7 Å². The number of aliphatic hydroxyl groups is 1. The lowest BCUT2D eigenvalue weighted by atomic mass is 9.84. The van der Waals surface area contributed by atoms with Crippen molar-refractivity contribution in [3.63, 3.8) is 0 Å². The van der Waals surface area contributed by atoms with Crippen LogP contribution in [0.4, 0.5) is 4.79 Å². The molecule has 1 saturated heterocycles. The predicted molar refractivity (Wildman–Crippen MR) is 81.7 cm³/mol. The maximum atomic E-state index is 12.0. The highest BCUT2D eigenvalue weighted by atomic mass is 16.6.